The van der Waals surface area contributed by atoms with Crippen LogP contribution in [0.25, 0.3) is 0 Å². The van der Waals surface area contributed by atoms with E-state index in [0.29, 0.717) is 13.1 Å². The van der Waals surface area contributed by atoms with Gasteiger partial charge in [-0.1, -0.05) is 0 Å². The fourth-order valence-corrected chi connectivity index (χ4v) is 1.59. The molecular weight excluding hydrogens is 215 g/mol. The first kappa shape index (κ1) is 14.1. The predicted octanol–water partition coefficient (Wildman–Crippen LogP) is 1.94. The van der Waals surface area contributed by atoms with E-state index in [-0.39, 0.29) is 30.2 Å². The van der Waals surface area contributed by atoms with Crippen molar-refractivity contribution in [1.29, 1.82) is 0 Å². The van der Waals surface area contributed by atoms with Gasteiger partial charge in [0.15, 0.2) is 0 Å². The number of rotatable bonds is 6. The van der Waals surface area contributed by atoms with E-state index in [1.165, 1.54) is 0 Å². The molecular formula is C8H16F3NOS. The van der Waals surface area contributed by atoms with Gasteiger partial charge in [-0.05, 0) is 25.6 Å². The van der Waals surface area contributed by atoms with Crippen LogP contribution in [0.2, 0.25) is 0 Å². The average Bonchev–Trinajstić information content (AvgIpc) is 2.00. The predicted molar refractivity (Wildman–Crippen MR) is 52.3 cm³/mol. The molecule has 0 saturated carbocycles. The summed E-state index contributed by atoms with van der Waals surface area (Å²) < 4.78 is 35.4. The maximum Gasteiger partial charge on any atom is 0.441 e. The Morgan fingerprint density at radius 3 is 2.21 bits per heavy atom. The van der Waals surface area contributed by atoms with Crippen molar-refractivity contribution in [2.75, 3.05) is 25.4 Å². The van der Waals surface area contributed by atoms with Crippen LogP contribution in [-0.2, 0) is 0 Å². The highest BCUT2D eigenvalue weighted by molar-refractivity contribution is 8.00. The minimum absolute atomic E-state index is 0.0156. The zero-order valence-electron chi connectivity index (χ0n) is 8.34. The van der Waals surface area contributed by atoms with Crippen molar-refractivity contribution in [2.45, 2.75) is 25.4 Å². The molecule has 2 nitrogen and oxygen atoms in total. The molecule has 0 unspecified atom stereocenters. The second-order valence-electron chi connectivity index (χ2n) is 3.15. The van der Waals surface area contributed by atoms with Crippen LogP contribution in [0.4, 0.5) is 13.2 Å². The molecule has 0 saturated heterocycles. The van der Waals surface area contributed by atoms with Crippen molar-refractivity contribution >= 4 is 11.8 Å². The highest BCUT2D eigenvalue weighted by atomic mass is 32.2. The maximum atomic E-state index is 11.8. The highest BCUT2D eigenvalue weighted by Crippen LogP contribution is 2.29. The molecule has 0 aliphatic rings. The standard InChI is InChI=1S/C8H16F3NOS/c1-7(2)12(3-5-13)4-6-14-8(9,10)11/h7,13H,3-6H2,1-2H3. The van der Waals surface area contributed by atoms with E-state index >= 15 is 0 Å². The second-order valence-corrected chi connectivity index (χ2v) is 4.31. The number of halogens is 3. The first-order valence-electron chi connectivity index (χ1n) is 4.42. The van der Waals surface area contributed by atoms with E-state index in [2.05, 4.69) is 0 Å². The van der Waals surface area contributed by atoms with Crippen LogP contribution < -0.4 is 0 Å². The van der Waals surface area contributed by atoms with Gasteiger partial charge in [0.2, 0.25) is 0 Å². The minimum atomic E-state index is -4.15. The van der Waals surface area contributed by atoms with Crippen molar-refractivity contribution in [1.82, 2.24) is 4.90 Å². The Hall–Kier alpha value is 0.0600. The molecule has 0 aromatic rings. The van der Waals surface area contributed by atoms with Crippen LogP contribution >= 0.6 is 11.8 Å². The van der Waals surface area contributed by atoms with Crippen molar-refractivity contribution in [3.63, 3.8) is 0 Å². The van der Waals surface area contributed by atoms with Crippen LogP contribution in [0.1, 0.15) is 13.8 Å². The van der Waals surface area contributed by atoms with E-state index < -0.39 is 5.51 Å². The summed E-state index contributed by atoms with van der Waals surface area (Å²) in [7, 11) is 0. The summed E-state index contributed by atoms with van der Waals surface area (Å²) in [4.78, 5) is 1.82. The van der Waals surface area contributed by atoms with Gasteiger partial charge in [-0.2, -0.15) is 13.2 Å². The van der Waals surface area contributed by atoms with Crippen LogP contribution in [0.3, 0.4) is 0 Å². The lowest BCUT2D eigenvalue weighted by molar-refractivity contribution is -0.0329. The van der Waals surface area contributed by atoms with Gasteiger partial charge in [0.25, 0.3) is 0 Å². The number of thioether (sulfide) groups is 1. The molecule has 0 aliphatic heterocycles. The SMILES string of the molecule is CC(C)N(CCO)CCSC(F)(F)F. The normalized spacial score (nSPS) is 12.9. The molecule has 6 heteroatoms. The zero-order chi connectivity index (χ0) is 11.2. The monoisotopic (exact) mass is 231 g/mol. The molecule has 0 radical (unpaired) electrons. The topological polar surface area (TPSA) is 23.5 Å². The van der Waals surface area contributed by atoms with Crippen LogP contribution in [0.15, 0.2) is 0 Å². The zero-order valence-corrected chi connectivity index (χ0v) is 9.16. The molecule has 1 N–H and O–H groups in total. The van der Waals surface area contributed by atoms with Crippen LogP contribution in [0, 0.1) is 0 Å². The quantitative estimate of drug-likeness (QED) is 0.755. The molecule has 0 bridgehead atoms. The fourth-order valence-electron chi connectivity index (χ4n) is 1.04. The number of hydrogen-bond acceptors (Lipinski definition) is 3. The molecule has 0 rings (SSSR count). The number of alkyl halides is 3. The Kier molecular flexibility index (Phi) is 6.55. The summed E-state index contributed by atoms with van der Waals surface area (Å²) in [5, 5.41) is 8.67. The number of nitrogens with zero attached hydrogens (tertiary/aromatic N) is 1. The summed E-state index contributed by atoms with van der Waals surface area (Å²) >= 11 is -0.0181. The summed E-state index contributed by atoms with van der Waals surface area (Å²) in [5.41, 5.74) is -4.15. The summed E-state index contributed by atoms with van der Waals surface area (Å²) in [6.07, 6.45) is 0. The Bertz CT molecular complexity index is 152. The molecule has 0 amide bonds. The Morgan fingerprint density at radius 2 is 1.86 bits per heavy atom. The van der Waals surface area contributed by atoms with E-state index in [1.54, 1.807) is 0 Å². The second kappa shape index (κ2) is 6.53. The first-order chi connectivity index (χ1) is 6.37. The van der Waals surface area contributed by atoms with Crippen LogP contribution in [-0.4, -0.2) is 47.0 Å². The van der Waals surface area contributed by atoms with Crippen LogP contribution in [0.5, 0.6) is 0 Å². The summed E-state index contributed by atoms with van der Waals surface area (Å²) in [5.74, 6) is 0.0156. The summed E-state index contributed by atoms with van der Waals surface area (Å²) in [6.45, 7) is 4.55. The lowest BCUT2D eigenvalue weighted by Gasteiger charge is -2.25. The highest BCUT2D eigenvalue weighted by Gasteiger charge is 2.27. The van der Waals surface area contributed by atoms with E-state index in [9.17, 15) is 13.2 Å². The Balaban J connectivity index is 3.72. The van der Waals surface area contributed by atoms with E-state index in [4.69, 9.17) is 5.11 Å². The minimum Gasteiger partial charge on any atom is -0.395 e. The number of aliphatic hydroxyl groups is 1. The smallest absolute Gasteiger partial charge is 0.395 e. The van der Waals surface area contributed by atoms with Crippen molar-refractivity contribution in [3.05, 3.63) is 0 Å². The van der Waals surface area contributed by atoms with Gasteiger partial charge in [-0.25, -0.2) is 0 Å². The van der Waals surface area contributed by atoms with Gasteiger partial charge in [0.05, 0.1) is 6.61 Å². The molecule has 0 heterocycles. The maximum absolute atomic E-state index is 11.8. The largest absolute Gasteiger partial charge is 0.441 e. The Labute approximate surface area is 86.5 Å². The molecule has 0 atom stereocenters. The third-order valence-corrected chi connectivity index (χ3v) is 2.48. The van der Waals surface area contributed by atoms with Gasteiger partial charge in [-0.3, -0.25) is 4.90 Å². The third kappa shape index (κ3) is 7.46. The lowest BCUT2D eigenvalue weighted by atomic mass is 10.3. The van der Waals surface area contributed by atoms with Crippen molar-refractivity contribution in [2.24, 2.45) is 0 Å². The van der Waals surface area contributed by atoms with E-state index in [0.717, 1.165) is 0 Å². The lowest BCUT2D eigenvalue weighted by Crippen LogP contribution is -2.35. The third-order valence-electron chi connectivity index (χ3n) is 1.76. The number of aliphatic hydroxyl groups excluding tert-OH is 1. The molecule has 0 aromatic carbocycles. The molecule has 0 fully saturated rings. The molecule has 0 spiro atoms. The number of hydrogen-bond donors (Lipinski definition) is 1. The van der Waals surface area contributed by atoms with Gasteiger partial charge < -0.3 is 5.11 Å². The van der Waals surface area contributed by atoms with Gasteiger partial charge in [0.1, 0.15) is 0 Å². The average molecular weight is 231 g/mol. The van der Waals surface area contributed by atoms with Crippen molar-refractivity contribution in [3.8, 4) is 0 Å². The van der Waals surface area contributed by atoms with E-state index in [1.807, 2.05) is 18.7 Å². The molecule has 0 aliphatic carbocycles. The fraction of sp³-hybridized carbons (Fsp3) is 1.00. The summed E-state index contributed by atoms with van der Waals surface area (Å²) in [6, 6.07) is 0.163. The van der Waals surface area contributed by atoms with Crippen molar-refractivity contribution < 1.29 is 18.3 Å². The molecule has 0 aromatic heterocycles. The molecule has 86 valence electrons. The molecule has 14 heavy (non-hydrogen) atoms. The van der Waals surface area contributed by atoms with Gasteiger partial charge in [-0.15, -0.1) is 0 Å². The first-order valence-corrected chi connectivity index (χ1v) is 5.41. The Morgan fingerprint density at radius 1 is 1.29 bits per heavy atom. The van der Waals surface area contributed by atoms with Gasteiger partial charge in [0, 0.05) is 24.9 Å². The van der Waals surface area contributed by atoms with Gasteiger partial charge >= 0.3 is 5.51 Å².